The van der Waals surface area contributed by atoms with E-state index in [2.05, 4.69) is 18.9 Å². The number of rotatable bonds is 1. The lowest BCUT2D eigenvalue weighted by molar-refractivity contribution is 0.680. The maximum Gasteiger partial charge on any atom is 0.269 e. The molecule has 1 aromatic rings. The van der Waals surface area contributed by atoms with Crippen LogP contribution in [-0.4, -0.2) is 9.78 Å². The van der Waals surface area contributed by atoms with Gasteiger partial charge in [0, 0.05) is 12.6 Å². The zero-order valence-electron chi connectivity index (χ0n) is 7.96. The highest BCUT2D eigenvalue weighted by molar-refractivity contribution is 5.22. The van der Waals surface area contributed by atoms with Gasteiger partial charge in [-0.25, -0.2) is 4.68 Å². The highest BCUT2D eigenvalue weighted by atomic mass is 16.1. The van der Waals surface area contributed by atoms with Gasteiger partial charge in [0.25, 0.3) is 5.56 Å². The van der Waals surface area contributed by atoms with E-state index in [1.54, 1.807) is 13.2 Å². The number of aryl methyl sites for hydroxylation is 1. The van der Waals surface area contributed by atoms with Crippen LogP contribution in [0.25, 0.3) is 0 Å². The molecule has 0 aliphatic rings. The second kappa shape index (κ2) is 3.09. The van der Waals surface area contributed by atoms with Gasteiger partial charge in [0.15, 0.2) is 0 Å². The molecule has 0 atom stereocenters. The van der Waals surface area contributed by atoms with Crippen molar-refractivity contribution in [2.75, 3.05) is 0 Å². The minimum Gasteiger partial charge on any atom is -0.268 e. The molecule has 0 saturated carbocycles. The standard InChI is InChI=1S/C9H14N2O/c1-6(2)8-5-10-11(4)9(12)7(8)3/h5-6H,1-4H3. The maximum atomic E-state index is 11.4. The van der Waals surface area contributed by atoms with Crippen LogP contribution < -0.4 is 5.56 Å². The van der Waals surface area contributed by atoms with E-state index in [1.807, 2.05) is 6.92 Å². The third-order valence-corrected chi connectivity index (χ3v) is 2.04. The van der Waals surface area contributed by atoms with Gasteiger partial charge in [-0.2, -0.15) is 5.10 Å². The monoisotopic (exact) mass is 166 g/mol. The van der Waals surface area contributed by atoms with Gasteiger partial charge < -0.3 is 0 Å². The van der Waals surface area contributed by atoms with Crippen molar-refractivity contribution in [2.45, 2.75) is 26.7 Å². The predicted octanol–water partition coefficient (Wildman–Crippen LogP) is 1.21. The molecule has 3 nitrogen and oxygen atoms in total. The van der Waals surface area contributed by atoms with Crippen LogP contribution in [0.3, 0.4) is 0 Å². The predicted molar refractivity (Wildman–Crippen MR) is 48.3 cm³/mol. The van der Waals surface area contributed by atoms with Gasteiger partial charge >= 0.3 is 0 Å². The molecule has 0 fully saturated rings. The average molecular weight is 166 g/mol. The van der Waals surface area contributed by atoms with E-state index < -0.39 is 0 Å². The molecule has 1 heterocycles. The highest BCUT2D eigenvalue weighted by Crippen LogP contribution is 2.13. The second-order valence-electron chi connectivity index (χ2n) is 3.31. The molecule has 0 aromatic carbocycles. The highest BCUT2D eigenvalue weighted by Gasteiger charge is 2.07. The van der Waals surface area contributed by atoms with E-state index in [1.165, 1.54) is 4.68 Å². The van der Waals surface area contributed by atoms with Gasteiger partial charge in [0.05, 0.1) is 6.20 Å². The lowest BCUT2D eigenvalue weighted by atomic mass is 10.0. The summed E-state index contributed by atoms with van der Waals surface area (Å²) in [6.45, 7) is 5.96. The van der Waals surface area contributed by atoms with Crippen LogP contribution in [-0.2, 0) is 7.05 Å². The first-order valence-electron chi connectivity index (χ1n) is 4.07. The van der Waals surface area contributed by atoms with Crippen molar-refractivity contribution >= 4 is 0 Å². The SMILES string of the molecule is Cc1c(C(C)C)cnn(C)c1=O. The summed E-state index contributed by atoms with van der Waals surface area (Å²) in [5.41, 5.74) is 1.85. The van der Waals surface area contributed by atoms with Crippen LogP contribution in [0.1, 0.15) is 30.9 Å². The zero-order chi connectivity index (χ0) is 9.30. The van der Waals surface area contributed by atoms with Crippen molar-refractivity contribution in [1.29, 1.82) is 0 Å². The Morgan fingerprint density at radius 2 is 2.08 bits per heavy atom. The summed E-state index contributed by atoms with van der Waals surface area (Å²) < 4.78 is 1.36. The lowest BCUT2D eigenvalue weighted by Gasteiger charge is -2.08. The fraction of sp³-hybridized carbons (Fsp3) is 0.556. The second-order valence-corrected chi connectivity index (χ2v) is 3.31. The van der Waals surface area contributed by atoms with E-state index >= 15 is 0 Å². The smallest absolute Gasteiger partial charge is 0.268 e. The third kappa shape index (κ3) is 1.40. The molecular weight excluding hydrogens is 152 g/mol. The molecule has 12 heavy (non-hydrogen) atoms. The van der Waals surface area contributed by atoms with Crippen LogP contribution in [0.4, 0.5) is 0 Å². The molecule has 1 aromatic heterocycles. The Balaban J connectivity index is 3.37. The molecular formula is C9H14N2O. The maximum absolute atomic E-state index is 11.4. The number of hydrogen-bond donors (Lipinski definition) is 0. The largest absolute Gasteiger partial charge is 0.269 e. The van der Waals surface area contributed by atoms with Gasteiger partial charge in [-0.3, -0.25) is 4.79 Å². The minimum absolute atomic E-state index is 0.00111. The van der Waals surface area contributed by atoms with Crippen LogP contribution in [0.2, 0.25) is 0 Å². The van der Waals surface area contributed by atoms with Gasteiger partial charge in [0.2, 0.25) is 0 Å². The lowest BCUT2D eigenvalue weighted by Crippen LogP contribution is -2.23. The molecule has 66 valence electrons. The van der Waals surface area contributed by atoms with Crippen molar-refractivity contribution in [1.82, 2.24) is 9.78 Å². The Kier molecular flexibility index (Phi) is 2.31. The summed E-state index contributed by atoms with van der Waals surface area (Å²) in [5, 5.41) is 3.96. The summed E-state index contributed by atoms with van der Waals surface area (Å²) in [4.78, 5) is 11.4. The molecule has 0 bridgehead atoms. The third-order valence-electron chi connectivity index (χ3n) is 2.04. The van der Waals surface area contributed by atoms with Gasteiger partial charge in [-0.05, 0) is 18.4 Å². The topological polar surface area (TPSA) is 34.9 Å². The molecule has 0 spiro atoms. The number of nitrogens with zero attached hydrogens (tertiary/aromatic N) is 2. The Morgan fingerprint density at radius 3 is 2.58 bits per heavy atom. The zero-order valence-corrected chi connectivity index (χ0v) is 7.96. The first-order chi connectivity index (χ1) is 5.54. The molecule has 3 heteroatoms. The van der Waals surface area contributed by atoms with Crippen LogP contribution in [0.5, 0.6) is 0 Å². The van der Waals surface area contributed by atoms with E-state index in [0.717, 1.165) is 11.1 Å². The summed E-state index contributed by atoms with van der Waals surface area (Å²) >= 11 is 0. The van der Waals surface area contributed by atoms with E-state index in [4.69, 9.17) is 0 Å². The summed E-state index contributed by atoms with van der Waals surface area (Å²) in [7, 11) is 1.67. The fourth-order valence-electron chi connectivity index (χ4n) is 1.25. The van der Waals surface area contributed by atoms with Crippen molar-refractivity contribution < 1.29 is 0 Å². The molecule has 0 N–H and O–H groups in total. The van der Waals surface area contributed by atoms with Crippen molar-refractivity contribution in [3.05, 3.63) is 27.7 Å². The van der Waals surface area contributed by atoms with Crippen molar-refractivity contribution in [3.8, 4) is 0 Å². The summed E-state index contributed by atoms with van der Waals surface area (Å²) in [6, 6.07) is 0. The number of hydrogen-bond acceptors (Lipinski definition) is 2. The Bertz CT molecular complexity index is 339. The van der Waals surface area contributed by atoms with Gasteiger partial charge in [0.1, 0.15) is 0 Å². The van der Waals surface area contributed by atoms with Crippen LogP contribution in [0, 0.1) is 6.92 Å². The summed E-state index contributed by atoms with van der Waals surface area (Å²) in [5.74, 6) is 0.367. The first kappa shape index (κ1) is 8.97. The van der Waals surface area contributed by atoms with Crippen LogP contribution in [0.15, 0.2) is 11.0 Å². The van der Waals surface area contributed by atoms with Crippen LogP contribution >= 0.6 is 0 Å². The molecule has 0 unspecified atom stereocenters. The normalized spacial score (nSPS) is 10.8. The molecule has 0 amide bonds. The summed E-state index contributed by atoms with van der Waals surface area (Å²) in [6.07, 6.45) is 1.77. The number of aromatic nitrogens is 2. The van der Waals surface area contributed by atoms with Gasteiger partial charge in [-0.15, -0.1) is 0 Å². The van der Waals surface area contributed by atoms with E-state index in [9.17, 15) is 4.79 Å². The molecule has 0 saturated heterocycles. The first-order valence-corrected chi connectivity index (χ1v) is 4.07. The molecule has 0 aliphatic heterocycles. The molecule has 1 rings (SSSR count). The Hall–Kier alpha value is -1.12. The Morgan fingerprint density at radius 1 is 1.50 bits per heavy atom. The average Bonchev–Trinajstić information content (AvgIpc) is 2.00. The van der Waals surface area contributed by atoms with Crippen molar-refractivity contribution in [3.63, 3.8) is 0 Å². The fourth-order valence-corrected chi connectivity index (χ4v) is 1.25. The molecule has 0 aliphatic carbocycles. The minimum atomic E-state index is 0.00111. The quantitative estimate of drug-likeness (QED) is 0.628. The van der Waals surface area contributed by atoms with Crippen molar-refractivity contribution in [2.24, 2.45) is 7.05 Å². The molecule has 0 radical (unpaired) electrons. The van der Waals surface area contributed by atoms with Gasteiger partial charge in [-0.1, -0.05) is 13.8 Å². The van der Waals surface area contributed by atoms with E-state index in [0.29, 0.717) is 5.92 Å². The Labute approximate surface area is 72.0 Å². The van der Waals surface area contributed by atoms with E-state index in [-0.39, 0.29) is 5.56 Å².